The zero-order chi connectivity index (χ0) is 97.0. The molecule has 6 aliphatic rings. The second-order valence-corrected chi connectivity index (χ2v) is 97.1. The molecule has 5 N–H and O–H groups in total. The Morgan fingerprint density at radius 1 is 0.126 bits per heavy atom. The molecule has 0 amide bonds. The minimum absolute atomic E-state index is 0.568. The normalized spacial score (nSPS) is 24.9. The zero-order valence-corrected chi connectivity index (χ0v) is 98.5. The smallest absolute Gasteiger partial charge is 0.416 e. The standard InChI is InChI=1S/C42H36O5Si4.C30H26O4Si3.C7H22O7Si5.C7H22O5Si4.C5H16O4Si3/c43-51(42-34-20-7-21-35-42)46-49(38-26-12-3-13-27-38,39-28-14-4-15-29-39)44-48(36-22-8-1-9-23-36,37-24-10-2-11-25-37)45-50(47-51,40-30-16-5-17-31-40)41-32-18-6-19-33-41;31-37(30-24-14-5-15-25-30)33-35(26-16-6-1-7-17-26,27-18-8-2-9-19-27)32-36(34-37,28-20-10-3-11-21-28)29-22-12-4-13-23-29;1-15(2)9-16(3,4)11-19(7)13-17(5,8)12-18(6,10-15)14-19;1-13(2)9-14(3,4)11-16(7,8)12-15(5,6)10-13;1-10(2)7-11(3,4)9-12(5,6)8-10/h1-35,43H;1-25,31H;8H,1-7H3;8H,1-7H3;6H,1-5H3. The lowest BCUT2D eigenvalue weighted by molar-refractivity contribution is 0.0650. The number of rotatable bonds is 12. The van der Waals surface area contributed by atoms with E-state index in [1.807, 2.05) is 431 Å². The van der Waals surface area contributed by atoms with Crippen molar-refractivity contribution in [1.29, 1.82) is 0 Å². The maximum atomic E-state index is 13.5. The largest absolute Gasteiger partial charge is 0.517 e. The molecule has 0 radical (unpaired) electrons. The second-order valence-electron chi connectivity index (χ2n) is 36.9. The van der Waals surface area contributed by atoms with Crippen molar-refractivity contribution in [3.05, 3.63) is 364 Å². The molecule has 135 heavy (non-hydrogen) atoms. The number of benzene rings is 12. The Morgan fingerprint density at radius 2 is 0.252 bits per heavy atom. The minimum Gasteiger partial charge on any atom is -0.416 e. The highest BCUT2D eigenvalue weighted by Crippen LogP contribution is 2.40. The average molecular weight is 2150 g/mol. The summed E-state index contributed by atoms with van der Waals surface area (Å²) in [5, 5.41) is 10.1. The summed E-state index contributed by atoms with van der Waals surface area (Å²) in [6.07, 6.45) is 0. The Hall–Kier alpha value is -6.24. The molecule has 12 aromatic carbocycles. The van der Waals surface area contributed by atoms with E-state index < -0.39 is 164 Å². The van der Waals surface area contributed by atoms with E-state index >= 15 is 0 Å². The molecule has 18 rings (SSSR count). The molecular formula is C91H122O25Si19. The molecule has 44 heteroatoms. The third-order valence-corrected chi connectivity index (χ3v) is 96.0. The minimum atomic E-state index is -4.47. The van der Waals surface area contributed by atoms with Crippen molar-refractivity contribution >= 4 is 227 Å². The molecule has 0 aliphatic carbocycles. The van der Waals surface area contributed by atoms with Crippen LogP contribution in [0.1, 0.15) is 0 Å². The summed E-state index contributed by atoms with van der Waals surface area (Å²) in [6.45, 7) is 35.5. The first kappa shape index (κ1) is 105. The van der Waals surface area contributed by atoms with Crippen molar-refractivity contribution in [3.63, 3.8) is 0 Å². The van der Waals surface area contributed by atoms with Gasteiger partial charge < -0.3 is 106 Å². The fraction of sp³-hybridized carbons (Fsp3) is 0.209. The molecular weight excluding hydrogens is 2030 g/mol. The summed E-state index contributed by atoms with van der Waals surface area (Å²) in [5.74, 6) is 0. The molecule has 2 bridgehead atoms. The lowest BCUT2D eigenvalue weighted by atomic mass is 10.4. The van der Waals surface area contributed by atoms with E-state index in [1.165, 1.54) is 0 Å². The average Bonchev–Trinajstić information content (AvgIpc) is 0.704. The summed E-state index contributed by atoms with van der Waals surface area (Å²) >= 11 is 0. The zero-order valence-electron chi connectivity index (χ0n) is 79.5. The molecule has 0 saturated carbocycles. The van der Waals surface area contributed by atoms with Crippen LogP contribution in [0.5, 0.6) is 0 Å². The van der Waals surface area contributed by atoms with Crippen LogP contribution in [-0.4, -0.2) is 188 Å². The number of fused-ring (bicyclic) bond motifs is 2. The lowest BCUT2D eigenvalue weighted by Gasteiger charge is -2.52. The second kappa shape index (κ2) is 41.0. The van der Waals surface area contributed by atoms with Crippen LogP contribution in [-0.2, 0) is 82.3 Å². The first-order valence-corrected chi connectivity index (χ1v) is 88.3. The van der Waals surface area contributed by atoms with Gasteiger partial charge in [-0.05, 0) is 144 Å². The van der Waals surface area contributed by atoms with E-state index in [4.69, 9.17) is 82.3 Å². The topological polar surface area (TPSA) is 286 Å². The van der Waals surface area contributed by atoms with Gasteiger partial charge in [-0.3, -0.25) is 0 Å². The van der Waals surface area contributed by atoms with Crippen LogP contribution in [0.25, 0.3) is 0 Å². The van der Waals surface area contributed by atoms with E-state index in [1.54, 1.807) is 32.7 Å². The first-order valence-electron chi connectivity index (χ1n) is 44.7. The molecule has 6 aliphatic heterocycles. The third-order valence-electron chi connectivity index (χ3n) is 21.5. The van der Waals surface area contributed by atoms with Gasteiger partial charge in [0.05, 0.1) is 0 Å². The summed E-state index contributed by atoms with van der Waals surface area (Å²) < 4.78 is 128. The van der Waals surface area contributed by atoms with Gasteiger partial charge >= 0.3 is 164 Å². The van der Waals surface area contributed by atoms with E-state index in [0.29, 0.717) is 10.4 Å². The van der Waals surface area contributed by atoms with Crippen LogP contribution >= 0.6 is 0 Å². The maximum Gasteiger partial charge on any atom is 0.517 e. The monoisotopic (exact) mass is 2150 g/mol. The van der Waals surface area contributed by atoms with Gasteiger partial charge in [-0.15, -0.1) is 0 Å². The van der Waals surface area contributed by atoms with Crippen molar-refractivity contribution in [2.24, 2.45) is 0 Å². The predicted molar refractivity (Wildman–Crippen MR) is 566 cm³/mol. The van der Waals surface area contributed by atoms with Gasteiger partial charge in [0.2, 0.25) is 0 Å². The molecule has 25 nitrogen and oxygen atoms in total. The molecule has 0 aromatic heterocycles. The molecule has 6 fully saturated rings. The molecule has 712 valence electrons. The Kier molecular flexibility index (Phi) is 31.8. The molecule has 12 aromatic rings. The fourth-order valence-corrected chi connectivity index (χ4v) is 111. The Labute approximate surface area is 814 Å². The highest BCUT2D eigenvalue weighted by atomic mass is 28.6. The van der Waals surface area contributed by atoms with Crippen LogP contribution in [0.2, 0.25) is 124 Å². The van der Waals surface area contributed by atoms with Crippen molar-refractivity contribution < 1.29 is 106 Å². The first-order chi connectivity index (χ1) is 63.4. The molecule has 6 heterocycles. The van der Waals surface area contributed by atoms with Crippen LogP contribution in [0, 0.1) is 0 Å². The van der Waals surface area contributed by atoms with E-state index in [9.17, 15) is 24.0 Å². The van der Waals surface area contributed by atoms with Gasteiger partial charge in [-0.25, -0.2) is 0 Å². The predicted octanol–water partition coefficient (Wildman–Crippen LogP) is 10.0. The maximum absolute atomic E-state index is 13.5. The van der Waals surface area contributed by atoms with Crippen molar-refractivity contribution in [3.8, 4) is 0 Å². The number of hydrogen-bond acceptors (Lipinski definition) is 25. The fourth-order valence-electron chi connectivity index (χ4n) is 18.1. The molecule has 6 saturated heterocycles. The highest BCUT2D eigenvalue weighted by Gasteiger charge is 2.71. The lowest BCUT2D eigenvalue weighted by Crippen LogP contribution is -2.86. The summed E-state index contributed by atoms with van der Waals surface area (Å²) in [7, 11) is -58.6. The molecule has 0 spiro atoms. The quantitative estimate of drug-likeness (QED) is 0.0711. The number of hydrogen-bond donors (Lipinski definition) is 5. The summed E-state index contributed by atoms with van der Waals surface area (Å²) in [6, 6.07) is 120. The van der Waals surface area contributed by atoms with Gasteiger partial charge in [0.1, 0.15) is 0 Å². The Balaban J connectivity index is 0.000000150. The van der Waals surface area contributed by atoms with Crippen LogP contribution < -0.4 is 62.2 Å². The Morgan fingerprint density at radius 3 is 0.415 bits per heavy atom. The van der Waals surface area contributed by atoms with Crippen molar-refractivity contribution in [2.75, 3.05) is 0 Å². The SMILES string of the molecule is C[Si]1(C)O[Si](C)(C)O[Si](C)(O)O1.C[Si]1(C)O[Si](C)(C)O[Si](C)(O)O[Si](C)(C)O1.C[Si]1(C)O[Si](C)(C)O[Si]2(C)O[Si](C)(O)O[Si](C)(O1)O2.O[Si]1(c2ccccc2)O[Si](c2ccccc2)(c2ccccc2)O[Si](c2ccccc2)(c2ccccc2)O1.O[Si]1(c2ccccc2)O[Si](c2ccccc2)(c2ccccc2)O[Si](c2ccccc2)(c2ccccc2)O[Si](c2ccccc2)(c2ccccc2)O1. The van der Waals surface area contributed by atoms with Crippen LogP contribution in [0.15, 0.2) is 364 Å². The van der Waals surface area contributed by atoms with E-state index in [2.05, 4.69) is 24.3 Å². The summed E-state index contributed by atoms with van der Waals surface area (Å²) in [4.78, 5) is 56.2. The van der Waals surface area contributed by atoms with Gasteiger partial charge in [0.25, 0.3) is 0 Å². The van der Waals surface area contributed by atoms with Gasteiger partial charge in [0, 0.05) is 43.1 Å². The molecule has 2 unspecified atom stereocenters. The van der Waals surface area contributed by atoms with Crippen LogP contribution in [0.3, 0.4) is 0 Å². The van der Waals surface area contributed by atoms with Gasteiger partial charge in [0.15, 0.2) is 0 Å². The highest BCUT2D eigenvalue weighted by molar-refractivity contribution is 7.15. The van der Waals surface area contributed by atoms with Crippen LogP contribution in [0.4, 0.5) is 0 Å². The van der Waals surface area contributed by atoms with Gasteiger partial charge in [-0.1, -0.05) is 364 Å². The summed E-state index contributed by atoms with van der Waals surface area (Å²) in [5.41, 5.74) is 0. The van der Waals surface area contributed by atoms with Crippen molar-refractivity contribution in [1.82, 2.24) is 0 Å². The van der Waals surface area contributed by atoms with Gasteiger partial charge in [-0.2, -0.15) is 0 Å². The molecule has 2 atom stereocenters. The van der Waals surface area contributed by atoms with Crippen molar-refractivity contribution in [2.45, 2.75) is 124 Å². The van der Waals surface area contributed by atoms with E-state index in [0.717, 1.165) is 51.9 Å². The Bertz CT molecular complexity index is 5320. The third kappa shape index (κ3) is 25.5. The van der Waals surface area contributed by atoms with E-state index in [-0.39, 0.29) is 0 Å².